The molecule has 0 aromatic rings. The van der Waals surface area contributed by atoms with Crippen molar-refractivity contribution >= 4 is 5.97 Å². The molecule has 1 saturated carbocycles. The van der Waals surface area contributed by atoms with E-state index in [0.29, 0.717) is 0 Å². The maximum absolute atomic E-state index is 11.3. The summed E-state index contributed by atoms with van der Waals surface area (Å²) >= 11 is 0. The third-order valence-corrected chi connectivity index (χ3v) is 3.43. The van der Waals surface area contributed by atoms with E-state index in [0.717, 1.165) is 32.1 Å². The van der Waals surface area contributed by atoms with Crippen LogP contribution in [0.4, 0.5) is 0 Å². The van der Waals surface area contributed by atoms with Crippen molar-refractivity contribution in [3.8, 4) is 0 Å². The summed E-state index contributed by atoms with van der Waals surface area (Å²) < 4.78 is 5.50. The highest BCUT2D eigenvalue weighted by atomic mass is 16.6. The first kappa shape index (κ1) is 17.1. The molecular formula is C16H30N2O2. The normalized spacial score (nSPS) is 20.1. The lowest BCUT2D eigenvalue weighted by Crippen LogP contribution is -2.35. The smallest absolute Gasteiger partial charge is 0.304 e. The molecule has 0 bridgehead atoms. The Kier molecular flexibility index (Phi) is 5.33. The van der Waals surface area contributed by atoms with E-state index in [4.69, 9.17) is 4.74 Å². The Hall–Kier alpha value is -0.930. The maximum atomic E-state index is 11.3. The van der Waals surface area contributed by atoms with Crippen molar-refractivity contribution in [1.82, 2.24) is 0 Å². The average Bonchev–Trinajstić information content (AvgIpc) is 2.24. The number of carbonyl (C=O) groups excluding carboxylic acids is 1. The molecule has 0 atom stereocenters. The zero-order chi connectivity index (χ0) is 15.4. The van der Waals surface area contributed by atoms with Crippen LogP contribution in [0.3, 0.4) is 0 Å². The Balaban J connectivity index is 2.83. The summed E-state index contributed by atoms with van der Waals surface area (Å²) in [5, 5.41) is 9.03. The molecule has 0 radical (unpaired) electrons. The third-order valence-electron chi connectivity index (χ3n) is 3.43. The van der Waals surface area contributed by atoms with Gasteiger partial charge in [0.1, 0.15) is 0 Å². The number of hydrogen-bond donors (Lipinski definition) is 0. The highest BCUT2D eigenvalue weighted by Gasteiger charge is 2.36. The van der Waals surface area contributed by atoms with Crippen molar-refractivity contribution in [3.05, 3.63) is 0 Å². The Labute approximate surface area is 123 Å². The third kappa shape index (κ3) is 6.02. The number of nitrogens with zero attached hydrogens (tertiary/aromatic N) is 2. The summed E-state index contributed by atoms with van der Waals surface area (Å²) in [4.78, 5) is 11.3. The molecule has 0 saturated heterocycles. The van der Waals surface area contributed by atoms with E-state index >= 15 is 0 Å². The molecule has 0 aliphatic heterocycles. The van der Waals surface area contributed by atoms with E-state index in [1.165, 1.54) is 13.3 Å². The van der Waals surface area contributed by atoms with Gasteiger partial charge in [-0.05, 0) is 38.5 Å². The van der Waals surface area contributed by atoms with Gasteiger partial charge in [-0.2, -0.15) is 5.11 Å². The van der Waals surface area contributed by atoms with Crippen molar-refractivity contribution in [3.63, 3.8) is 0 Å². The Morgan fingerprint density at radius 2 is 1.65 bits per heavy atom. The molecule has 0 amide bonds. The number of hydrogen-bond acceptors (Lipinski definition) is 4. The van der Waals surface area contributed by atoms with Gasteiger partial charge in [-0.15, -0.1) is 5.11 Å². The largest absolute Gasteiger partial charge is 0.436 e. The molecular weight excluding hydrogens is 252 g/mol. The van der Waals surface area contributed by atoms with Crippen LogP contribution in [0.2, 0.25) is 0 Å². The second-order valence-corrected chi connectivity index (χ2v) is 7.85. The van der Waals surface area contributed by atoms with Gasteiger partial charge in [0.25, 0.3) is 0 Å². The molecule has 4 heteroatoms. The average molecular weight is 282 g/mol. The van der Waals surface area contributed by atoms with Crippen LogP contribution in [-0.2, 0) is 9.53 Å². The van der Waals surface area contributed by atoms with Crippen molar-refractivity contribution in [2.24, 2.45) is 15.6 Å². The molecule has 1 aliphatic rings. The first-order valence-corrected chi connectivity index (χ1v) is 7.67. The van der Waals surface area contributed by atoms with E-state index in [2.05, 4.69) is 44.8 Å². The van der Waals surface area contributed by atoms with Crippen molar-refractivity contribution in [2.75, 3.05) is 0 Å². The molecule has 0 heterocycles. The van der Waals surface area contributed by atoms with Gasteiger partial charge in [0, 0.05) is 19.8 Å². The van der Waals surface area contributed by atoms with E-state index < -0.39 is 5.72 Å². The molecule has 0 unspecified atom stereocenters. The van der Waals surface area contributed by atoms with Crippen LogP contribution in [0.15, 0.2) is 10.2 Å². The molecule has 4 nitrogen and oxygen atoms in total. The fourth-order valence-corrected chi connectivity index (χ4v) is 3.15. The number of ether oxygens (including phenoxy) is 1. The zero-order valence-electron chi connectivity index (χ0n) is 14.0. The molecule has 1 rings (SSSR count). The minimum Gasteiger partial charge on any atom is -0.436 e. The van der Waals surface area contributed by atoms with Gasteiger partial charge in [0.05, 0.1) is 5.54 Å². The fraction of sp³-hybridized carbons (Fsp3) is 0.938. The van der Waals surface area contributed by atoms with Gasteiger partial charge in [-0.25, -0.2) is 0 Å². The van der Waals surface area contributed by atoms with Crippen molar-refractivity contribution in [1.29, 1.82) is 0 Å². The highest BCUT2D eigenvalue weighted by Crippen LogP contribution is 2.36. The highest BCUT2D eigenvalue weighted by molar-refractivity contribution is 5.66. The molecule has 20 heavy (non-hydrogen) atoms. The lowest BCUT2D eigenvalue weighted by Gasteiger charge is -2.34. The van der Waals surface area contributed by atoms with Crippen LogP contribution in [0.5, 0.6) is 0 Å². The maximum Gasteiger partial charge on any atom is 0.304 e. The first-order valence-electron chi connectivity index (χ1n) is 7.67. The van der Waals surface area contributed by atoms with Gasteiger partial charge in [-0.1, -0.05) is 27.2 Å². The number of esters is 1. The SMILES string of the molecule is CC(=O)OC1(N=NC(C)(C)CC(C)(C)C)CCCCC1. The monoisotopic (exact) mass is 282 g/mol. The molecule has 1 fully saturated rings. The lowest BCUT2D eigenvalue weighted by atomic mass is 9.82. The fourth-order valence-electron chi connectivity index (χ4n) is 3.15. The predicted molar refractivity (Wildman–Crippen MR) is 80.6 cm³/mol. The van der Waals surface area contributed by atoms with Crippen LogP contribution in [0.25, 0.3) is 0 Å². The van der Waals surface area contributed by atoms with Crippen LogP contribution in [0, 0.1) is 5.41 Å². The zero-order valence-corrected chi connectivity index (χ0v) is 14.0. The second kappa shape index (κ2) is 6.23. The minimum atomic E-state index is -0.709. The van der Waals surface area contributed by atoms with Crippen molar-refractivity contribution in [2.45, 2.75) is 91.3 Å². The van der Waals surface area contributed by atoms with Crippen molar-refractivity contribution < 1.29 is 9.53 Å². The summed E-state index contributed by atoms with van der Waals surface area (Å²) in [7, 11) is 0. The number of carbonyl (C=O) groups is 1. The molecule has 0 spiro atoms. The van der Waals surface area contributed by atoms with E-state index in [-0.39, 0.29) is 16.9 Å². The Bertz CT molecular complexity index is 361. The van der Waals surface area contributed by atoms with Gasteiger partial charge in [0.15, 0.2) is 0 Å². The molecule has 0 aromatic carbocycles. The Morgan fingerprint density at radius 3 is 2.10 bits per heavy atom. The summed E-state index contributed by atoms with van der Waals surface area (Å²) in [6.07, 6.45) is 5.81. The van der Waals surface area contributed by atoms with Gasteiger partial charge in [-0.3, -0.25) is 4.79 Å². The van der Waals surface area contributed by atoms with E-state index in [9.17, 15) is 4.79 Å². The quantitative estimate of drug-likeness (QED) is 0.545. The molecule has 0 aromatic heterocycles. The molecule has 1 aliphatic carbocycles. The minimum absolute atomic E-state index is 0.198. The van der Waals surface area contributed by atoms with Gasteiger partial charge >= 0.3 is 5.97 Å². The number of azo groups is 1. The van der Waals surface area contributed by atoms with Gasteiger partial charge < -0.3 is 4.74 Å². The molecule has 116 valence electrons. The Morgan fingerprint density at radius 1 is 1.10 bits per heavy atom. The molecule has 0 N–H and O–H groups in total. The second-order valence-electron chi connectivity index (χ2n) is 7.85. The van der Waals surface area contributed by atoms with Crippen LogP contribution in [0.1, 0.15) is 80.1 Å². The van der Waals surface area contributed by atoms with E-state index in [1.54, 1.807) is 0 Å². The van der Waals surface area contributed by atoms with E-state index in [1.807, 2.05) is 0 Å². The van der Waals surface area contributed by atoms with Gasteiger partial charge in [0.2, 0.25) is 5.72 Å². The topological polar surface area (TPSA) is 51.0 Å². The van der Waals surface area contributed by atoms with Crippen LogP contribution in [-0.4, -0.2) is 17.2 Å². The predicted octanol–water partition coefficient (Wildman–Crippen LogP) is 4.88. The standard InChI is InChI=1S/C16H30N2O2/c1-13(19)20-16(10-8-7-9-11-16)18-17-15(5,6)12-14(2,3)4/h7-12H2,1-6H3. The summed E-state index contributed by atoms with van der Waals surface area (Å²) in [5.41, 5.74) is -0.744. The number of rotatable bonds is 4. The summed E-state index contributed by atoms with van der Waals surface area (Å²) in [6.45, 7) is 12.2. The summed E-state index contributed by atoms with van der Waals surface area (Å²) in [6, 6.07) is 0. The summed E-state index contributed by atoms with van der Waals surface area (Å²) in [5.74, 6) is -0.264. The lowest BCUT2D eigenvalue weighted by molar-refractivity contribution is -0.160. The van der Waals surface area contributed by atoms with Crippen LogP contribution < -0.4 is 0 Å². The van der Waals surface area contributed by atoms with Crippen LogP contribution >= 0.6 is 0 Å². The first-order chi connectivity index (χ1) is 9.04.